The number of rotatable bonds is 5. The van der Waals surface area contributed by atoms with Gasteiger partial charge >= 0.3 is 0 Å². The van der Waals surface area contributed by atoms with Crippen LogP contribution in [-0.4, -0.2) is 23.0 Å². The largest absolute Gasteiger partial charge is 0.468 e. The molecule has 18 heavy (non-hydrogen) atoms. The van der Waals surface area contributed by atoms with Gasteiger partial charge in [0.15, 0.2) is 0 Å². The van der Waals surface area contributed by atoms with Crippen LogP contribution in [0.15, 0.2) is 22.8 Å². The summed E-state index contributed by atoms with van der Waals surface area (Å²) in [7, 11) is 0. The molecule has 0 aliphatic carbocycles. The summed E-state index contributed by atoms with van der Waals surface area (Å²) in [4.78, 5) is 2.59. The summed E-state index contributed by atoms with van der Waals surface area (Å²) in [6.45, 7) is 6.74. The molecule has 0 saturated carbocycles. The van der Waals surface area contributed by atoms with Gasteiger partial charge in [-0.3, -0.25) is 4.90 Å². The first kappa shape index (κ1) is 13.6. The summed E-state index contributed by atoms with van der Waals surface area (Å²) in [5, 5.41) is 0. The van der Waals surface area contributed by atoms with Crippen molar-refractivity contribution in [3.8, 4) is 0 Å². The van der Waals surface area contributed by atoms with Crippen LogP contribution in [0.1, 0.15) is 58.3 Å². The van der Waals surface area contributed by atoms with Crippen molar-refractivity contribution < 1.29 is 4.42 Å². The summed E-state index contributed by atoms with van der Waals surface area (Å²) < 4.78 is 5.65. The van der Waals surface area contributed by atoms with Crippen LogP contribution < -0.4 is 5.73 Å². The lowest BCUT2D eigenvalue weighted by Gasteiger charge is -2.37. The van der Waals surface area contributed by atoms with E-state index in [4.69, 9.17) is 10.2 Å². The molecular formula is C15H26N2O. The lowest BCUT2D eigenvalue weighted by molar-refractivity contribution is 0.0958. The number of nitrogens with zero attached hydrogens (tertiary/aromatic N) is 1. The Morgan fingerprint density at radius 3 is 2.78 bits per heavy atom. The van der Waals surface area contributed by atoms with Gasteiger partial charge in [-0.05, 0) is 44.7 Å². The van der Waals surface area contributed by atoms with Crippen molar-refractivity contribution in [2.45, 2.75) is 70.6 Å². The van der Waals surface area contributed by atoms with Gasteiger partial charge in [0.1, 0.15) is 5.76 Å². The molecule has 2 N–H and O–H groups in total. The van der Waals surface area contributed by atoms with Gasteiger partial charge in [0, 0.05) is 18.1 Å². The van der Waals surface area contributed by atoms with Crippen molar-refractivity contribution in [1.29, 1.82) is 0 Å². The lowest BCUT2D eigenvalue weighted by atomic mass is 9.99. The van der Waals surface area contributed by atoms with E-state index in [1.807, 2.05) is 6.07 Å². The van der Waals surface area contributed by atoms with E-state index in [1.165, 1.54) is 19.3 Å². The predicted octanol–water partition coefficient (Wildman–Crippen LogP) is 3.32. The zero-order valence-electron chi connectivity index (χ0n) is 11.8. The van der Waals surface area contributed by atoms with Crippen LogP contribution in [0.5, 0.6) is 0 Å². The molecule has 1 aliphatic heterocycles. The second kappa shape index (κ2) is 5.89. The minimum Gasteiger partial charge on any atom is -0.468 e. The average Bonchev–Trinajstić information content (AvgIpc) is 3.01. The topological polar surface area (TPSA) is 42.4 Å². The van der Waals surface area contributed by atoms with Gasteiger partial charge in [-0.1, -0.05) is 13.8 Å². The van der Waals surface area contributed by atoms with Gasteiger partial charge in [-0.25, -0.2) is 0 Å². The Morgan fingerprint density at radius 1 is 1.44 bits per heavy atom. The fraction of sp³-hybridized carbons (Fsp3) is 0.733. The van der Waals surface area contributed by atoms with Crippen molar-refractivity contribution in [2.75, 3.05) is 0 Å². The molecule has 2 heterocycles. The second-order valence-corrected chi connectivity index (χ2v) is 5.47. The first-order valence-electron chi connectivity index (χ1n) is 7.25. The summed E-state index contributed by atoms with van der Waals surface area (Å²) in [6, 6.07) is 5.65. The summed E-state index contributed by atoms with van der Waals surface area (Å²) >= 11 is 0. The quantitative estimate of drug-likeness (QED) is 0.871. The van der Waals surface area contributed by atoms with Crippen LogP contribution in [-0.2, 0) is 0 Å². The fourth-order valence-electron chi connectivity index (χ4n) is 3.27. The van der Waals surface area contributed by atoms with Gasteiger partial charge in [0.2, 0.25) is 0 Å². The first-order chi connectivity index (χ1) is 8.69. The van der Waals surface area contributed by atoms with E-state index in [1.54, 1.807) is 6.26 Å². The van der Waals surface area contributed by atoms with E-state index in [0.29, 0.717) is 12.1 Å². The minimum absolute atomic E-state index is 0.144. The third-order valence-corrected chi connectivity index (χ3v) is 4.35. The van der Waals surface area contributed by atoms with Crippen molar-refractivity contribution in [2.24, 2.45) is 5.73 Å². The monoisotopic (exact) mass is 250 g/mol. The summed E-state index contributed by atoms with van der Waals surface area (Å²) in [5.74, 6) is 1.02. The molecule has 1 saturated heterocycles. The van der Waals surface area contributed by atoms with Crippen molar-refractivity contribution >= 4 is 0 Å². The molecule has 1 aromatic heterocycles. The molecule has 0 amide bonds. The molecule has 2 rings (SSSR count). The Labute approximate surface area is 110 Å². The highest BCUT2D eigenvalue weighted by molar-refractivity contribution is 5.10. The van der Waals surface area contributed by atoms with Gasteiger partial charge in [-0.15, -0.1) is 0 Å². The Morgan fingerprint density at radius 2 is 2.22 bits per heavy atom. The number of furan rings is 1. The van der Waals surface area contributed by atoms with Crippen LogP contribution in [0.25, 0.3) is 0 Å². The molecular weight excluding hydrogens is 224 g/mol. The third kappa shape index (κ3) is 2.47. The molecule has 0 aromatic carbocycles. The molecule has 3 nitrogen and oxygen atoms in total. The molecule has 3 heteroatoms. The molecule has 4 unspecified atom stereocenters. The SMILES string of the molecule is CCC(N)C(c1ccco1)N1C(C)CCC1CC. The van der Waals surface area contributed by atoms with Crippen LogP contribution in [0, 0.1) is 0 Å². The molecule has 1 aliphatic rings. The van der Waals surface area contributed by atoms with Crippen molar-refractivity contribution in [3.63, 3.8) is 0 Å². The Balaban J connectivity index is 2.28. The van der Waals surface area contributed by atoms with Crippen LogP contribution in [0.4, 0.5) is 0 Å². The lowest BCUT2D eigenvalue weighted by Crippen LogP contribution is -2.45. The summed E-state index contributed by atoms with van der Waals surface area (Å²) in [6.07, 6.45) is 6.48. The van der Waals surface area contributed by atoms with E-state index in [-0.39, 0.29) is 12.1 Å². The Kier molecular flexibility index (Phi) is 4.46. The standard InChI is InChI=1S/C15H26N2O/c1-4-12-9-8-11(3)17(12)15(13(16)5-2)14-7-6-10-18-14/h6-7,10-13,15H,4-5,8-9,16H2,1-3H3. The molecule has 0 radical (unpaired) electrons. The van der Waals surface area contributed by atoms with Crippen LogP contribution in [0.3, 0.4) is 0 Å². The van der Waals surface area contributed by atoms with Gasteiger partial charge in [0.25, 0.3) is 0 Å². The van der Waals surface area contributed by atoms with Gasteiger partial charge < -0.3 is 10.2 Å². The highest BCUT2D eigenvalue weighted by Crippen LogP contribution is 2.37. The third-order valence-electron chi connectivity index (χ3n) is 4.35. The van der Waals surface area contributed by atoms with Crippen molar-refractivity contribution in [1.82, 2.24) is 4.90 Å². The van der Waals surface area contributed by atoms with Crippen molar-refractivity contribution in [3.05, 3.63) is 24.2 Å². The molecule has 102 valence electrons. The number of likely N-dealkylation sites (tertiary alicyclic amines) is 1. The number of hydrogen-bond donors (Lipinski definition) is 1. The van der Waals surface area contributed by atoms with E-state index in [2.05, 4.69) is 31.7 Å². The highest BCUT2D eigenvalue weighted by Gasteiger charge is 2.38. The van der Waals surface area contributed by atoms with Crippen LogP contribution in [0.2, 0.25) is 0 Å². The van der Waals surface area contributed by atoms with Gasteiger partial charge in [0.05, 0.1) is 12.3 Å². The summed E-state index contributed by atoms with van der Waals surface area (Å²) in [5.41, 5.74) is 6.37. The zero-order chi connectivity index (χ0) is 13.1. The molecule has 1 fully saturated rings. The minimum atomic E-state index is 0.144. The molecule has 4 atom stereocenters. The second-order valence-electron chi connectivity index (χ2n) is 5.47. The Bertz CT molecular complexity index is 349. The maximum absolute atomic E-state index is 6.37. The predicted molar refractivity (Wildman–Crippen MR) is 74.3 cm³/mol. The van der Waals surface area contributed by atoms with E-state index in [0.717, 1.165) is 12.2 Å². The Hall–Kier alpha value is -0.800. The molecule has 0 bridgehead atoms. The number of nitrogens with two attached hydrogens (primary N) is 1. The fourth-order valence-corrected chi connectivity index (χ4v) is 3.27. The van der Waals surface area contributed by atoms with E-state index >= 15 is 0 Å². The maximum atomic E-state index is 6.37. The van der Waals surface area contributed by atoms with Crippen LogP contribution >= 0.6 is 0 Å². The van der Waals surface area contributed by atoms with E-state index < -0.39 is 0 Å². The normalized spacial score (nSPS) is 28.4. The first-order valence-corrected chi connectivity index (χ1v) is 7.25. The number of hydrogen-bond acceptors (Lipinski definition) is 3. The highest BCUT2D eigenvalue weighted by atomic mass is 16.3. The zero-order valence-corrected chi connectivity index (χ0v) is 11.8. The maximum Gasteiger partial charge on any atom is 0.122 e. The average molecular weight is 250 g/mol. The molecule has 1 aromatic rings. The van der Waals surface area contributed by atoms with Gasteiger partial charge in [-0.2, -0.15) is 0 Å². The molecule has 0 spiro atoms. The smallest absolute Gasteiger partial charge is 0.122 e. The van der Waals surface area contributed by atoms with E-state index in [9.17, 15) is 0 Å².